The topological polar surface area (TPSA) is 66.9 Å². The fourth-order valence-electron chi connectivity index (χ4n) is 1.12. The van der Waals surface area contributed by atoms with Crippen LogP contribution in [0.3, 0.4) is 0 Å². The van der Waals surface area contributed by atoms with Gasteiger partial charge in [0, 0.05) is 18.3 Å². The van der Waals surface area contributed by atoms with E-state index in [1.807, 2.05) is 19.9 Å². The number of aromatic nitrogens is 2. The Morgan fingerprint density at radius 2 is 2.20 bits per heavy atom. The number of nitrogens with zero attached hydrogens (tertiary/aromatic N) is 2. The van der Waals surface area contributed by atoms with Crippen LogP contribution in [0.5, 0.6) is 0 Å². The molecule has 0 radical (unpaired) electrons. The molecule has 0 aromatic carbocycles. The predicted octanol–water partition coefficient (Wildman–Crippen LogP) is 0.587. The van der Waals surface area contributed by atoms with Crippen molar-refractivity contribution in [2.45, 2.75) is 20.3 Å². The molecule has 5 heteroatoms. The summed E-state index contributed by atoms with van der Waals surface area (Å²) in [4.78, 5) is 19.2. The summed E-state index contributed by atoms with van der Waals surface area (Å²) < 4.78 is 0. The Kier molecular flexibility index (Phi) is 4.53. The molecule has 82 valence electrons. The number of anilines is 1. The van der Waals surface area contributed by atoms with Gasteiger partial charge in [-0.25, -0.2) is 9.97 Å². The Morgan fingerprint density at radius 3 is 2.87 bits per heavy atom. The van der Waals surface area contributed by atoms with E-state index in [9.17, 15) is 4.79 Å². The Labute approximate surface area is 89.3 Å². The molecule has 1 aromatic rings. The largest absolute Gasteiger partial charge is 0.361 e. The third-order valence-corrected chi connectivity index (χ3v) is 1.89. The van der Waals surface area contributed by atoms with Crippen LogP contribution in [-0.4, -0.2) is 29.0 Å². The minimum Gasteiger partial charge on any atom is -0.361 e. The maximum Gasteiger partial charge on any atom is 0.239 e. The molecule has 0 atom stereocenters. The third kappa shape index (κ3) is 3.93. The Hall–Kier alpha value is -1.65. The summed E-state index contributed by atoms with van der Waals surface area (Å²) in [5.41, 5.74) is 0.961. The van der Waals surface area contributed by atoms with Gasteiger partial charge in [0.1, 0.15) is 12.1 Å². The van der Waals surface area contributed by atoms with Gasteiger partial charge in [-0.15, -0.1) is 0 Å². The van der Waals surface area contributed by atoms with Gasteiger partial charge in [-0.1, -0.05) is 6.92 Å². The van der Waals surface area contributed by atoms with Crippen LogP contribution in [0.1, 0.15) is 19.5 Å². The molecule has 0 spiro atoms. The van der Waals surface area contributed by atoms with Crippen LogP contribution < -0.4 is 10.6 Å². The SMILES string of the molecule is CCNC(=O)CNc1cc(CC)ncn1. The summed E-state index contributed by atoms with van der Waals surface area (Å²) in [6.07, 6.45) is 2.36. The summed E-state index contributed by atoms with van der Waals surface area (Å²) in [6.45, 7) is 4.80. The van der Waals surface area contributed by atoms with Crippen LogP contribution in [0.25, 0.3) is 0 Å². The lowest BCUT2D eigenvalue weighted by molar-refractivity contribution is -0.119. The van der Waals surface area contributed by atoms with Gasteiger partial charge in [0.15, 0.2) is 0 Å². The minimum atomic E-state index is -0.0332. The predicted molar refractivity (Wildman–Crippen MR) is 58.6 cm³/mol. The second-order valence-electron chi connectivity index (χ2n) is 3.06. The Bertz CT molecular complexity index is 327. The van der Waals surface area contributed by atoms with E-state index >= 15 is 0 Å². The van der Waals surface area contributed by atoms with Crippen LogP contribution >= 0.6 is 0 Å². The van der Waals surface area contributed by atoms with Gasteiger partial charge in [-0.3, -0.25) is 4.79 Å². The van der Waals surface area contributed by atoms with Crippen LogP contribution in [0.4, 0.5) is 5.82 Å². The number of amides is 1. The first-order chi connectivity index (χ1) is 7.26. The molecule has 0 saturated carbocycles. The standard InChI is InChI=1S/C10H16N4O/c1-3-8-5-9(14-7-13-8)12-6-10(15)11-4-2/h5,7H,3-4,6H2,1-2H3,(H,11,15)(H,12,13,14). The second kappa shape index (κ2) is 5.95. The molecular weight excluding hydrogens is 192 g/mol. The number of nitrogens with one attached hydrogen (secondary N) is 2. The Morgan fingerprint density at radius 1 is 1.40 bits per heavy atom. The van der Waals surface area contributed by atoms with Gasteiger partial charge in [0.25, 0.3) is 0 Å². The minimum absolute atomic E-state index is 0.0332. The highest BCUT2D eigenvalue weighted by molar-refractivity contribution is 5.80. The molecule has 0 aliphatic rings. The first-order valence-corrected chi connectivity index (χ1v) is 5.07. The first kappa shape index (κ1) is 11.4. The second-order valence-corrected chi connectivity index (χ2v) is 3.06. The van der Waals surface area contributed by atoms with Gasteiger partial charge >= 0.3 is 0 Å². The molecule has 0 saturated heterocycles. The molecule has 0 unspecified atom stereocenters. The smallest absolute Gasteiger partial charge is 0.239 e. The van der Waals surface area contributed by atoms with E-state index in [0.29, 0.717) is 12.4 Å². The fourth-order valence-corrected chi connectivity index (χ4v) is 1.12. The molecule has 5 nitrogen and oxygen atoms in total. The number of rotatable bonds is 5. The number of likely N-dealkylation sites (N-methyl/N-ethyl adjacent to an activating group) is 1. The molecule has 0 bridgehead atoms. The molecule has 15 heavy (non-hydrogen) atoms. The molecule has 1 amide bonds. The average Bonchev–Trinajstić information content (AvgIpc) is 2.27. The van der Waals surface area contributed by atoms with Crippen molar-refractivity contribution in [3.8, 4) is 0 Å². The van der Waals surface area contributed by atoms with E-state index in [1.54, 1.807) is 0 Å². The quantitative estimate of drug-likeness (QED) is 0.743. The number of hydrogen-bond acceptors (Lipinski definition) is 4. The first-order valence-electron chi connectivity index (χ1n) is 5.07. The molecule has 0 aliphatic carbocycles. The Balaban J connectivity index is 2.46. The van der Waals surface area contributed by atoms with E-state index in [4.69, 9.17) is 0 Å². The molecule has 1 heterocycles. The summed E-state index contributed by atoms with van der Waals surface area (Å²) in [5.74, 6) is 0.655. The highest BCUT2D eigenvalue weighted by atomic mass is 16.1. The zero-order valence-corrected chi connectivity index (χ0v) is 9.08. The summed E-state index contributed by atoms with van der Waals surface area (Å²) in [5, 5.41) is 5.64. The summed E-state index contributed by atoms with van der Waals surface area (Å²) in [6, 6.07) is 1.85. The van der Waals surface area contributed by atoms with Crippen molar-refractivity contribution >= 4 is 11.7 Å². The van der Waals surface area contributed by atoms with Crippen molar-refractivity contribution in [2.75, 3.05) is 18.4 Å². The van der Waals surface area contributed by atoms with Crippen LogP contribution in [-0.2, 0) is 11.2 Å². The number of aryl methyl sites for hydroxylation is 1. The fraction of sp³-hybridized carbons (Fsp3) is 0.500. The van der Waals surface area contributed by atoms with Gasteiger partial charge < -0.3 is 10.6 Å². The van der Waals surface area contributed by atoms with Crippen molar-refractivity contribution < 1.29 is 4.79 Å². The zero-order valence-electron chi connectivity index (χ0n) is 9.08. The van der Waals surface area contributed by atoms with E-state index in [-0.39, 0.29) is 12.5 Å². The van der Waals surface area contributed by atoms with Gasteiger partial charge in [0.2, 0.25) is 5.91 Å². The molecular formula is C10H16N4O. The maximum atomic E-state index is 11.2. The van der Waals surface area contributed by atoms with Crippen molar-refractivity contribution in [1.82, 2.24) is 15.3 Å². The maximum absolute atomic E-state index is 11.2. The van der Waals surface area contributed by atoms with Crippen molar-refractivity contribution in [1.29, 1.82) is 0 Å². The number of carbonyl (C=O) groups is 1. The van der Waals surface area contributed by atoms with Crippen LogP contribution in [0, 0.1) is 0 Å². The lowest BCUT2D eigenvalue weighted by Crippen LogP contribution is -2.29. The number of hydrogen-bond donors (Lipinski definition) is 2. The number of carbonyl (C=O) groups excluding carboxylic acids is 1. The molecule has 0 fully saturated rings. The van der Waals surface area contributed by atoms with Crippen molar-refractivity contribution in [3.63, 3.8) is 0 Å². The molecule has 1 rings (SSSR count). The lowest BCUT2D eigenvalue weighted by atomic mass is 10.3. The van der Waals surface area contributed by atoms with Gasteiger partial charge in [0.05, 0.1) is 6.54 Å². The monoisotopic (exact) mass is 208 g/mol. The van der Waals surface area contributed by atoms with Crippen molar-refractivity contribution in [2.24, 2.45) is 0 Å². The van der Waals surface area contributed by atoms with Crippen LogP contribution in [0.15, 0.2) is 12.4 Å². The van der Waals surface area contributed by atoms with Gasteiger partial charge in [-0.2, -0.15) is 0 Å². The highest BCUT2D eigenvalue weighted by Gasteiger charge is 2.00. The molecule has 0 aliphatic heterocycles. The zero-order chi connectivity index (χ0) is 11.1. The van der Waals surface area contributed by atoms with Crippen molar-refractivity contribution in [3.05, 3.63) is 18.1 Å². The molecule has 1 aromatic heterocycles. The third-order valence-electron chi connectivity index (χ3n) is 1.89. The molecule has 2 N–H and O–H groups in total. The van der Waals surface area contributed by atoms with E-state index < -0.39 is 0 Å². The van der Waals surface area contributed by atoms with Crippen LogP contribution in [0.2, 0.25) is 0 Å². The van der Waals surface area contributed by atoms with E-state index in [0.717, 1.165) is 12.1 Å². The summed E-state index contributed by atoms with van der Waals surface area (Å²) >= 11 is 0. The van der Waals surface area contributed by atoms with E-state index in [2.05, 4.69) is 20.6 Å². The van der Waals surface area contributed by atoms with Gasteiger partial charge in [-0.05, 0) is 13.3 Å². The average molecular weight is 208 g/mol. The normalized spacial score (nSPS) is 9.73. The van der Waals surface area contributed by atoms with E-state index in [1.165, 1.54) is 6.33 Å². The summed E-state index contributed by atoms with van der Waals surface area (Å²) in [7, 11) is 0. The lowest BCUT2D eigenvalue weighted by Gasteiger charge is -2.05. The highest BCUT2D eigenvalue weighted by Crippen LogP contribution is 2.03.